The van der Waals surface area contributed by atoms with Crippen LogP contribution in [-0.2, 0) is 16.1 Å². The van der Waals surface area contributed by atoms with Crippen LogP contribution in [0.25, 0.3) is 0 Å². The molecule has 2 aromatic rings. The third-order valence-corrected chi connectivity index (χ3v) is 4.60. The van der Waals surface area contributed by atoms with Crippen LogP contribution in [0.2, 0.25) is 0 Å². The summed E-state index contributed by atoms with van der Waals surface area (Å²) in [6.07, 6.45) is 6.73. The molecule has 0 bridgehead atoms. The van der Waals surface area contributed by atoms with Crippen LogP contribution in [-0.4, -0.2) is 33.8 Å². The first-order valence-electron chi connectivity index (χ1n) is 8.69. The average Bonchev–Trinajstić information content (AvgIpc) is 3.28. The molecule has 0 radical (unpaired) electrons. The first kappa shape index (κ1) is 17.2. The van der Waals surface area contributed by atoms with Gasteiger partial charge in [-0.15, -0.1) is 0 Å². The largest absolute Gasteiger partial charge is 0.464 e. The number of nitrogens with one attached hydrogen (secondary N) is 1. The molecule has 132 valence electrons. The molecule has 6 heteroatoms. The number of esters is 1. The highest BCUT2D eigenvalue weighted by Crippen LogP contribution is 2.31. The molecule has 1 aliphatic carbocycles. The van der Waals surface area contributed by atoms with E-state index in [1.165, 1.54) is 0 Å². The minimum atomic E-state index is -0.874. The van der Waals surface area contributed by atoms with Gasteiger partial charge in [-0.3, -0.25) is 9.48 Å². The number of aromatic nitrogens is 2. The highest BCUT2D eigenvalue weighted by atomic mass is 16.5. The van der Waals surface area contributed by atoms with Crippen molar-refractivity contribution in [3.8, 4) is 0 Å². The fraction of sp³-hybridized carbons (Fsp3) is 0.421. The number of carbonyl (C=O) groups is 2. The maximum absolute atomic E-state index is 12.6. The summed E-state index contributed by atoms with van der Waals surface area (Å²) in [5, 5.41) is 7.10. The Morgan fingerprint density at radius 2 is 1.96 bits per heavy atom. The van der Waals surface area contributed by atoms with Gasteiger partial charge in [-0.2, -0.15) is 5.10 Å². The van der Waals surface area contributed by atoms with Gasteiger partial charge in [0.25, 0.3) is 5.91 Å². The number of amides is 1. The van der Waals surface area contributed by atoms with E-state index in [2.05, 4.69) is 10.4 Å². The summed E-state index contributed by atoms with van der Waals surface area (Å²) >= 11 is 0. The summed E-state index contributed by atoms with van der Waals surface area (Å²) in [7, 11) is 0. The maximum Gasteiger partial charge on any atom is 0.331 e. The Morgan fingerprint density at radius 3 is 2.56 bits per heavy atom. The highest BCUT2D eigenvalue weighted by molar-refractivity contribution is 5.98. The molecule has 3 rings (SSSR count). The molecule has 0 aliphatic heterocycles. The molecule has 1 amide bonds. The summed E-state index contributed by atoms with van der Waals surface area (Å²) in [4.78, 5) is 24.9. The van der Waals surface area contributed by atoms with Crippen LogP contribution < -0.4 is 5.32 Å². The molecule has 1 aromatic carbocycles. The zero-order valence-electron chi connectivity index (χ0n) is 14.4. The summed E-state index contributed by atoms with van der Waals surface area (Å²) in [5.41, 5.74) is 0.724. The topological polar surface area (TPSA) is 73.2 Å². The van der Waals surface area contributed by atoms with Crippen molar-refractivity contribution in [1.29, 1.82) is 0 Å². The number of ether oxygens (including phenoxy) is 1. The Bertz CT molecular complexity index is 717. The van der Waals surface area contributed by atoms with Crippen molar-refractivity contribution < 1.29 is 14.3 Å². The Morgan fingerprint density at radius 1 is 1.24 bits per heavy atom. The van der Waals surface area contributed by atoms with Gasteiger partial charge in [-0.1, -0.05) is 25.0 Å². The average molecular weight is 341 g/mol. The van der Waals surface area contributed by atoms with Crippen molar-refractivity contribution in [1.82, 2.24) is 15.1 Å². The van der Waals surface area contributed by atoms with Crippen LogP contribution in [0, 0.1) is 0 Å². The zero-order valence-corrected chi connectivity index (χ0v) is 14.4. The Hall–Kier alpha value is -2.63. The minimum absolute atomic E-state index is 0.236. The second kappa shape index (κ2) is 7.51. The third-order valence-electron chi connectivity index (χ3n) is 4.60. The molecule has 1 saturated carbocycles. The Kier molecular flexibility index (Phi) is 5.16. The van der Waals surface area contributed by atoms with E-state index in [4.69, 9.17) is 4.74 Å². The molecule has 1 aromatic heterocycles. The predicted octanol–water partition coefficient (Wildman–Crippen LogP) is 2.54. The fourth-order valence-corrected chi connectivity index (χ4v) is 3.26. The molecule has 6 nitrogen and oxygen atoms in total. The number of hydrogen-bond acceptors (Lipinski definition) is 4. The Labute approximate surface area is 147 Å². The molecule has 25 heavy (non-hydrogen) atoms. The van der Waals surface area contributed by atoms with E-state index in [0.717, 1.165) is 18.4 Å². The lowest BCUT2D eigenvalue weighted by molar-refractivity contribution is -0.150. The van der Waals surface area contributed by atoms with Gasteiger partial charge in [-0.05, 0) is 43.5 Å². The second-order valence-electron chi connectivity index (χ2n) is 6.36. The van der Waals surface area contributed by atoms with Crippen molar-refractivity contribution in [3.63, 3.8) is 0 Å². The van der Waals surface area contributed by atoms with E-state index < -0.39 is 5.54 Å². The van der Waals surface area contributed by atoms with Gasteiger partial charge < -0.3 is 10.1 Å². The quantitative estimate of drug-likeness (QED) is 0.820. The summed E-state index contributed by atoms with van der Waals surface area (Å²) in [5.74, 6) is -0.559. The third kappa shape index (κ3) is 3.90. The highest BCUT2D eigenvalue weighted by Gasteiger charge is 2.43. The van der Waals surface area contributed by atoms with Gasteiger partial charge in [0.1, 0.15) is 5.54 Å². The number of nitrogens with zero attached hydrogens (tertiary/aromatic N) is 2. The van der Waals surface area contributed by atoms with Crippen molar-refractivity contribution in [3.05, 3.63) is 53.9 Å². The SMILES string of the molecule is CCOC(=O)C1(NC(=O)c2ccc(Cn3cccn3)cc2)CCCC1. The van der Waals surface area contributed by atoms with E-state index >= 15 is 0 Å². The van der Waals surface area contributed by atoms with E-state index in [0.29, 0.717) is 31.6 Å². The van der Waals surface area contributed by atoms with E-state index in [1.54, 1.807) is 25.3 Å². The molecule has 0 unspecified atom stereocenters. The lowest BCUT2D eigenvalue weighted by Crippen LogP contribution is -2.53. The molecule has 1 aliphatic rings. The Balaban J connectivity index is 1.68. The summed E-state index contributed by atoms with van der Waals surface area (Å²) < 4.78 is 7.00. The molecule has 1 fully saturated rings. The zero-order chi connectivity index (χ0) is 17.7. The lowest BCUT2D eigenvalue weighted by Gasteiger charge is -2.27. The van der Waals surface area contributed by atoms with Crippen LogP contribution in [0.3, 0.4) is 0 Å². The van der Waals surface area contributed by atoms with Crippen molar-refractivity contribution in [2.45, 2.75) is 44.7 Å². The first-order valence-corrected chi connectivity index (χ1v) is 8.69. The summed E-state index contributed by atoms with van der Waals surface area (Å²) in [6.45, 7) is 2.75. The molecule has 0 spiro atoms. The van der Waals surface area contributed by atoms with Crippen molar-refractivity contribution >= 4 is 11.9 Å². The molecule has 0 atom stereocenters. The summed E-state index contributed by atoms with van der Waals surface area (Å²) in [6, 6.07) is 9.24. The van der Waals surface area contributed by atoms with Crippen molar-refractivity contribution in [2.24, 2.45) is 0 Å². The van der Waals surface area contributed by atoms with E-state index in [-0.39, 0.29) is 11.9 Å². The molecule has 1 N–H and O–H groups in total. The number of hydrogen-bond donors (Lipinski definition) is 1. The van der Waals surface area contributed by atoms with Crippen LogP contribution in [0.4, 0.5) is 0 Å². The second-order valence-corrected chi connectivity index (χ2v) is 6.36. The van der Waals surface area contributed by atoms with Crippen molar-refractivity contribution in [2.75, 3.05) is 6.61 Å². The molecular formula is C19H23N3O3. The van der Waals surface area contributed by atoms with Gasteiger partial charge in [-0.25, -0.2) is 4.79 Å². The number of rotatable bonds is 6. The van der Waals surface area contributed by atoms with E-state index in [9.17, 15) is 9.59 Å². The van der Waals surface area contributed by atoms with Gasteiger partial charge in [0.15, 0.2) is 0 Å². The first-order chi connectivity index (χ1) is 12.1. The monoisotopic (exact) mass is 341 g/mol. The van der Waals surface area contributed by atoms with Gasteiger partial charge >= 0.3 is 5.97 Å². The number of carbonyl (C=O) groups excluding carboxylic acids is 2. The number of benzene rings is 1. The minimum Gasteiger partial charge on any atom is -0.464 e. The predicted molar refractivity (Wildman–Crippen MR) is 93.1 cm³/mol. The molecular weight excluding hydrogens is 318 g/mol. The normalized spacial score (nSPS) is 15.7. The molecule has 1 heterocycles. The fourth-order valence-electron chi connectivity index (χ4n) is 3.26. The maximum atomic E-state index is 12.6. The molecule has 0 saturated heterocycles. The van der Waals surface area contributed by atoms with Crippen LogP contribution >= 0.6 is 0 Å². The van der Waals surface area contributed by atoms with Crippen LogP contribution in [0.1, 0.15) is 48.5 Å². The van der Waals surface area contributed by atoms with Crippen LogP contribution in [0.15, 0.2) is 42.7 Å². The van der Waals surface area contributed by atoms with Crippen LogP contribution in [0.5, 0.6) is 0 Å². The standard InChI is InChI=1S/C19H23N3O3/c1-2-25-18(24)19(10-3-4-11-19)21-17(23)16-8-6-15(7-9-16)14-22-13-5-12-20-22/h5-9,12-13H,2-4,10-11,14H2,1H3,(H,21,23). The van der Waals surface area contributed by atoms with E-state index in [1.807, 2.05) is 29.1 Å². The van der Waals surface area contributed by atoms with Gasteiger partial charge in [0.2, 0.25) is 0 Å². The smallest absolute Gasteiger partial charge is 0.331 e. The lowest BCUT2D eigenvalue weighted by atomic mass is 9.97. The van der Waals surface area contributed by atoms with Gasteiger partial charge in [0, 0.05) is 18.0 Å². The van der Waals surface area contributed by atoms with Gasteiger partial charge in [0.05, 0.1) is 13.2 Å².